The minimum atomic E-state index is -1.31. The molecule has 1 aliphatic heterocycles. The Labute approximate surface area is 241 Å². The first kappa shape index (κ1) is 26.5. The normalized spacial score (nSPS) is 26.7. The van der Waals surface area contributed by atoms with Crippen LogP contribution in [0.1, 0.15) is 53.4 Å². The number of likely N-dealkylation sites (tertiary alicyclic amines) is 1. The smallest absolute Gasteiger partial charge is 0.338 e. The van der Waals surface area contributed by atoms with E-state index in [9.17, 15) is 19.2 Å². The largest absolute Gasteiger partial charge is 0.459 e. The lowest BCUT2D eigenvalue weighted by atomic mass is 9.54. The van der Waals surface area contributed by atoms with Gasteiger partial charge < -0.3 is 10.1 Å². The predicted molar refractivity (Wildman–Crippen MR) is 150 cm³/mol. The van der Waals surface area contributed by atoms with Crippen molar-refractivity contribution in [2.75, 3.05) is 5.32 Å². The van der Waals surface area contributed by atoms with Crippen LogP contribution in [0.4, 0.5) is 5.69 Å². The van der Waals surface area contributed by atoms with Gasteiger partial charge in [-0.1, -0.05) is 48.5 Å². The van der Waals surface area contributed by atoms with E-state index in [0.717, 1.165) is 4.90 Å². The van der Waals surface area contributed by atoms with Crippen LogP contribution in [0.15, 0.2) is 72.8 Å². The number of alkyl halides is 2. The quantitative estimate of drug-likeness (QED) is 0.257. The minimum Gasteiger partial charge on any atom is -0.459 e. The fourth-order valence-electron chi connectivity index (χ4n) is 6.41. The second-order valence-corrected chi connectivity index (χ2v) is 11.9. The molecule has 3 amide bonds. The van der Waals surface area contributed by atoms with Crippen LogP contribution >= 0.6 is 23.2 Å². The van der Waals surface area contributed by atoms with E-state index in [-0.39, 0.29) is 6.10 Å². The van der Waals surface area contributed by atoms with Gasteiger partial charge in [-0.15, -0.1) is 23.2 Å². The number of carbonyl (C=O) groups is 4. The van der Waals surface area contributed by atoms with Gasteiger partial charge in [-0.3, -0.25) is 19.3 Å². The highest BCUT2D eigenvalue weighted by atomic mass is 35.5. The zero-order chi connectivity index (χ0) is 28.6. The molecule has 9 heteroatoms. The van der Waals surface area contributed by atoms with E-state index in [0.29, 0.717) is 33.5 Å². The van der Waals surface area contributed by atoms with Crippen LogP contribution < -0.4 is 5.32 Å². The average molecular weight is 577 g/mol. The van der Waals surface area contributed by atoms with Gasteiger partial charge in [0.25, 0.3) is 0 Å². The summed E-state index contributed by atoms with van der Waals surface area (Å²) in [5, 5.41) is 2.74. The molecule has 0 unspecified atom stereocenters. The van der Waals surface area contributed by atoms with Crippen LogP contribution in [-0.4, -0.2) is 40.7 Å². The van der Waals surface area contributed by atoms with Crippen molar-refractivity contribution < 1.29 is 23.9 Å². The van der Waals surface area contributed by atoms with E-state index in [1.807, 2.05) is 48.5 Å². The lowest BCUT2D eigenvalue weighted by molar-refractivity contribution is -0.146. The summed E-state index contributed by atoms with van der Waals surface area (Å²) in [4.78, 5) is 51.9. The number of amides is 3. The highest BCUT2D eigenvalue weighted by Gasteiger charge is 2.73. The Morgan fingerprint density at radius 2 is 1.20 bits per heavy atom. The number of anilines is 1. The Morgan fingerprint density at radius 3 is 1.60 bits per heavy atom. The molecule has 7 rings (SSSR count). The molecule has 0 aromatic heterocycles. The number of esters is 1. The molecule has 1 fully saturated rings. The summed E-state index contributed by atoms with van der Waals surface area (Å²) in [6, 6.07) is 19.8. The van der Waals surface area contributed by atoms with E-state index in [1.54, 1.807) is 26.0 Å². The lowest BCUT2D eigenvalue weighted by Crippen LogP contribution is -2.57. The molecular weight excluding hydrogens is 551 g/mol. The summed E-state index contributed by atoms with van der Waals surface area (Å²) >= 11 is 14.9. The fourth-order valence-corrected chi connectivity index (χ4v) is 7.50. The minimum absolute atomic E-state index is 0.262. The van der Waals surface area contributed by atoms with Gasteiger partial charge in [0.2, 0.25) is 17.7 Å². The molecular formula is C31H26Cl2N2O5. The van der Waals surface area contributed by atoms with Gasteiger partial charge in [0.15, 0.2) is 0 Å². The first-order valence-electron chi connectivity index (χ1n) is 13.1. The van der Waals surface area contributed by atoms with Crippen molar-refractivity contribution >= 4 is 52.6 Å². The van der Waals surface area contributed by atoms with Crippen molar-refractivity contribution in [3.8, 4) is 0 Å². The number of nitrogens with one attached hydrogen (secondary N) is 1. The van der Waals surface area contributed by atoms with Gasteiger partial charge >= 0.3 is 5.97 Å². The first-order chi connectivity index (χ1) is 19.0. The Kier molecular flexibility index (Phi) is 6.09. The number of carbonyl (C=O) groups excluding carboxylic acids is 4. The molecule has 0 radical (unpaired) electrons. The van der Waals surface area contributed by atoms with Crippen LogP contribution in [0.2, 0.25) is 0 Å². The van der Waals surface area contributed by atoms with Crippen LogP contribution in [0.3, 0.4) is 0 Å². The molecule has 2 bridgehead atoms. The average Bonchev–Trinajstić information content (AvgIpc) is 3.22. The monoisotopic (exact) mass is 576 g/mol. The first-order valence-corrected chi connectivity index (χ1v) is 13.8. The van der Waals surface area contributed by atoms with Gasteiger partial charge in [0.1, 0.15) is 15.8 Å². The van der Waals surface area contributed by atoms with Crippen LogP contribution in [0, 0.1) is 11.8 Å². The summed E-state index contributed by atoms with van der Waals surface area (Å²) in [7, 11) is 0. The maximum absolute atomic E-state index is 14.0. The summed E-state index contributed by atoms with van der Waals surface area (Å²) in [5.41, 5.74) is 3.52. The maximum Gasteiger partial charge on any atom is 0.338 e. The molecule has 0 spiro atoms. The Bertz CT molecular complexity index is 1460. The van der Waals surface area contributed by atoms with E-state index in [2.05, 4.69) is 5.32 Å². The van der Waals surface area contributed by atoms with Crippen LogP contribution in [-0.2, 0) is 28.9 Å². The van der Waals surface area contributed by atoms with E-state index >= 15 is 0 Å². The highest BCUT2D eigenvalue weighted by molar-refractivity contribution is 6.36. The zero-order valence-corrected chi connectivity index (χ0v) is 23.5. The zero-order valence-electron chi connectivity index (χ0n) is 22.0. The number of nitrogens with zero attached hydrogens (tertiary/aromatic N) is 1. The fraction of sp³-hybridized carbons (Fsp3) is 0.290. The summed E-state index contributed by atoms with van der Waals surface area (Å²) in [6.07, 6.45) is -0.262. The van der Waals surface area contributed by atoms with Crippen LogP contribution in [0.5, 0.6) is 0 Å². The van der Waals surface area contributed by atoms with Gasteiger partial charge in [-0.05, 0) is 67.3 Å². The van der Waals surface area contributed by atoms with Crippen molar-refractivity contribution in [1.82, 2.24) is 4.90 Å². The molecule has 40 heavy (non-hydrogen) atoms. The van der Waals surface area contributed by atoms with Crippen molar-refractivity contribution in [2.45, 2.75) is 42.7 Å². The maximum atomic E-state index is 14.0. The van der Waals surface area contributed by atoms with Crippen molar-refractivity contribution in [3.05, 3.63) is 101 Å². The van der Waals surface area contributed by atoms with Crippen molar-refractivity contribution in [3.63, 3.8) is 0 Å². The molecule has 3 atom stereocenters. The third-order valence-corrected chi connectivity index (χ3v) is 9.40. The van der Waals surface area contributed by atoms with E-state index in [4.69, 9.17) is 27.9 Å². The second-order valence-electron chi connectivity index (χ2n) is 10.7. The molecule has 3 aliphatic carbocycles. The number of benzene rings is 3. The molecule has 204 valence electrons. The third kappa shape index (κ3) is 3.50. The summed E-state index contributed by atoms with van der Waals surface area (Å²) < 4.78 is 5.19. The number of ether oxygens (including phenoxy) is 1. The predicted octanol–water partition coefficient (Wildman–Crippen LogP) is 5.17. The Balaban J connectivity index is 1.32. The van der Waals surface area contributed by atoms with Crippen LogP contribution in [0.25, 0.3) is 0 Å². The standard InChI is InChI=1S/C31H26Cl2N2O5/c1-16(2)40-29(39)18-12-14-19(15-13-18)34-26(36)17(3)35-27(37)24-25(28(35)38)31(33)21-9-5-4-8-20(21)30(24,32)22-10-6-7-11-23(22)31/h4-17,24-25H,1-3H3,(H,34,36)/t17-,24-,25+,30?,31?/m0/s1. The number of rotatable bonds is 5. The third-order valence-electron chi connectivity index (χ3n) is 8.12. The number of halogens is 2. The second kappa shape index (κ2) is 9.18. The van der Waals surface area contributed by atoms with E-state index < -0.39 is 51.3 Å². The number of hydrogen-bond donors (Lipinski definition) is 1. The number of hydrogen-bond acceptors (Lipinski definition) is 5. The molecule has 1 N–H and O–H groups in total. The summed E-state index contributed by atoms with van der Waals surface area (Å²) in [5.74, 6) is -4.07. The van der Waals surface area contributed by atoms with Crippen molar-refractivity contribution in [1.29, 1.82) is 0 Å². The molecule has 3 aromatic rings. The molecule has 4 aliphatic rings. The Hall–Kier alpha value is -3.68. The van der Waals surface area contributed by atoms with Gasteiger partial charge in [-0.25, -0.2) is 4.79 Å². The van der Waals surface area contributed by atoms with Gasteiger partial charge in [-0.2, -0.15) is 0 Å². The van der Waals surface area contributed by atoms with Crippen molar-refractivity contribution in [2.24, 2.45) is 11.8 Å². The molecule has 7 nitrogen and oxygen atoms in total. The lowest BCUT2D eigenvalue weighted by Gasteiger charge is -2.54. The molecule has 0 saturated carbocycles. The highest BCUT2D eigenvalue weighted by Crippen LogP contribution is 2.69. The number of imide groups is 1. The molecule has 1 saturated heterocycles. The topological polar surface area (TPSA) is 92.8 Å². The van der Waals surface area contributed by atoms with E-state index in [1.165, 1.54) is 19.1 Å². The van der Waals surface area contributed by atoms with Gasteiger partial charge in [0, 0.05) is 5.69 Å². The molecule has 3 aromatic carbocycles. The Morgan fingerprint density at radius 1 is 0.775 bits per heavy atom. The summed E-state index contributed by atoms with van der Waals surface area (Å²) in [6.45, 7) is 5.01. The van der Waals surface area contributed by atoms with Gasteiger partial charge in [0.05, 0.1) is 23.5 Å². The molecule has 1 heterocycles. The SMILES string of the molecule is CC(C)OC(=O)c1ccc(NC(=O)[C@H](C)N2C(=O)[C@@H]3[C@H](C2=O)C2(Cl)c4ccccc4C3(Cl)c3ccccc32)cc1.